The molecule has 0 aromatic heterocycles. The zero-order valence-corrected chi connectivity index (χ0v) is 17.8. The molecule has 0 radical (unpaired) electrons. The summed E-state index contributed by atoms with van der Waals surface area (Å²) in [7, 11) is 3.04. The van der Waals surface area contributed by atoms with E-state index in [1.165, 1.54) is 23.8 Å². The molecule has 10 heteroatoms. The minimum Gasteiger partial charge on any atom is -0.497 e. The lowest BCUT2D eigenvalue weighted by molar-refractivity contribution is -0.152. The Labute approximate surface area is 183 Å². The first kappa shape index (κ1) is 21.6. The Kier molecular flexibility index (Phi) is 6.17. The maximum atomic E-state index is 13.1. The molecule has 0 saturated carbocycles. The molecule has 0 unspecified atom stereocenters. The van der Waals surface area contributed by atoms with E-state index in [0.29, 0.717) is 22.6 Å². The summed E-state index contributed by atoms with van der Waals surface area (Å²) in [4.78, 5) is 38.4. The van der Waals surface area contributed by atoms with Gasteiger partial charge in [-0.2, -0.15) is 0 Å². The number of hydrogen-bond donors (Lipinski definition) is 1. The number of rotatable bonds is 6. The predicted molar refractivity (Wildman–Crippen MR) is 110 cm³/mol. The predicted octanol–water partition coefficient (Wildman–Crippen LogP) is 0.754. The van der Waals surface area contributed by atoms with Crippen LogP contribution >= 0.6 is 11.8 Å². The van der Waals surface area contributed by atoms with Crippen molar-refractivity contribution < 1.29 is 33.3 Å². The summed E-state index contributed by atoms with van der Waals surface area (Å²) in [6.07, 6.45) is -1.18. The minimum atomic E-state index is -0.802. The van der Waals surface area contributed by atoms with E-state index in [-0.39, 0.29) is 30.0 Å². The summed E-state index contributed by atoms with van der Waals surface area (Å²) in [6.45, 7) is 0.00803. The first-order chi connectivity index (χ1) is 15.0. The van der Waals surface area contributed by atoms with Crippen LogP contribution < -0.4 is 10.5 Å². The normalized spacial score (nSPS) is 27.5. The Morgan fingerprint density at radius 1 is 1.32 bits per heavy atom. The number of β-lactam (4-membered cyclic amide) rings is 1. The standard InChI is InChI=1S/C21H22N2O7S/c1-27-13-5-3-11(4-6-13)9-29-21(26)17-14(10-31-20-16(22)19(25)23(17)20)18-12(8-24)7-15(28-2)30-18/h3-6,15-16,18,20H,7,9-10,22H2,1-2H3/t15-,16-,18+,20-/m1/s1. The number of carbonyl (C=O) groups excluding carboxylic acids is 3. The molecule has 4 rings (SSSR count). The van der Waals surface area contributed by atoms with Gasteiger partial charge < -0.3 is 24.7 Å². The van der Waals surface area contributed by atoms with Gasteiger partial charge in [0.05, 0.1) is 12.7 Å². The molecule has 0 bridgehead atoms. The van der Waals surface area contributed by atoms with Crippen LogP contribution in [0.5, 0.6) is 5.75 Å². The average Bonchev–Trinajstić information content (AvgIpc) is 3.24. The summed E-state index contributed by atoms with van der Waals surface area (Å²) in [6, 6.07) is 6.40. The van der Waals surface area contributed by atoms with Crippen molar-refractivity contribution in [2.75, 3.05) is 20.0 Å². The third-order valence-corrected chi connectivity index (χ3v) is 6.79. The molecule has 3 heterocycles. The molecule has 164 valence electrons. The summed E-state index contributed by atoms with van der Waals surface area (Å²) in [5.74, 6) is 1.90. The van der Waals surface area contributed by atoms with Gasteiger partial charge in [0.2, 0.25) is 5.91 Å². The van der Waals surface area contributed by atoms with Crippen molar-refractivity contribution >= 4 is 29.6 Å². The third-order valence-electron chi connectivity index (χ3n) is 5.46. The van der Waals surface area contributed by atoms with Crippen molar-refractivity contribution in [2.45, 2.75) is 36.8 Å². The lowest BCUT2D eigenvalue weighted by atomic mass is 9.97. The van der Waals surface area contributed by atoms with E-state index in [2.05, 4.69) is 0 Å². The van der Waals surface area contributed by atoms with E-state index < -0.39 is 24.4 Å². The highest BCUT2D eigenvalue weighted by atomic mass is 32.2. The monoisotopic (exact) mass is 446 g/mol. The van der Waals surface area contributed by atoms with Crippen LogP contribution in [0.1, 0.15) is 12.0 Å². The van der Waals surface area contributed by atoms with Crippen LogP contribution in [0, 0.1) is 0 Å². The Morgan fingerprint density at radius 2 is 2.06 bits per heavy atom. The van der Waals surface area contributed by atoms with E-state index in [9.17, 15) is 14.4 Å². The van der Waals surface area contributed by atoms with Crippen molar-refractivity contribution in [1.82, 2.24) is 4.90 Å². The van der Waals surface area contributed by atoms with Gasteiger partial charge in [-0.25, -0.2) is 9.59 Å². The second-order valence-electron chi connectivity index (χ2n) is 7.25. The van der Waals surface area contributed by atoms with Crippen LogP contribution in [0.3, 0.4) is 0 Å². The van der Waals surface area contributed by atoms with Crippen molar-refractivity contribution in [2.24, 2.45) is 5.73 Å². The number of methoxy groups -OCH3 is 2. The number of amides is 1. The van der Waals surface area contributed by atoms with Crippen molar-refractivity contribution in [3.05, 3.63) is 46.7 Å². The van der Waals surface area contributed by atoms with Gasteiger partial charge in [-0.3, -0.25) is 9.69 Å². The van der Waals surface area contributed by atoms with Crippen LogP contribution in [-0.4, -0.2) is 66.5 Å². The molecular weight excluding hydrogens is 424 g/mol. The fourth-order valence-corrected chi connectivity index (χ4v) is 5.08. The minimum absolute atomic E-state index is 0.00803. The van der Waals surface area contributed by atoms with Crippen molar-refractivity contribution in [1.29, 1.82) is 0 Å². The second-order valence-corrected chi connectivity index (χ2v) is 8.35. The molecule has 2 fully saturated rings. The highest BCUT2D eigenvalue weighted by Crippen LogP contribution is 2.43. The van der Waals surface area contributed by atoms with Crippen LogP contribution in [-0.2, 0) is 35.2 Å². The lowest BCUT2D eigenvalue weighted by Crippen LogP contribution is -2.68. The van der Waals surface area contributed by atoms with Crippen molar-refractivity contribution in [3.63, 3.8) is 0 Å². The number of esters is 1. The molecule has 1 aromatic carbocycles. The van der Waals surface area contributed by atoms with Crippen molar-refractivity contribution in [3.8, 4) is 5.75 Å². The average molecular weight is 446 g/mol. The Bertz CT molecular complexity index is 970. The maximum Gasteiger partial charge on any atom is 0.355 e. The van der Waals surface area contributed by atoms with Crippen LogP contribution in [0.4, 0.5) is 0 Å². The van der Waals surface area contributed by atoms with E-state index in [1.807, 2.05) is 5.94 Å². The van der Waals surface area contributed by atoms with Crippen LogP contribution in [0.2, 0.25) is 0 Å². The fraction of sp³-hybridized carbons (Fsp3) is 0.429. The quantitative estimate of drug-likeness (QED) is 0.384. The van der Waals surface area contributed by atoms with E-state index in [4.69, 9.17) is 24.7 Å². The molecular formula is C21H22N2O7S. The molecule has 1 aromatic rings. The molecule has 4 atom stereocenters. The molecule has 31 heavy (non-hydrogen) atoms. The van der Waals surface area contributed by atoms with E-state index in [1.54, 1.807) is 31.4 Å². The summed E-state index contributed by atoms with van der Waals surface area (Å²) in [5.41, 5.74) is 7.57. The number of thioether (sulfide) groups is 1. The van der Waals surface area contributed by atoms with Gasteiger partial charge in [-0.1, -0.05) is 12.1 Å². The molecule has 0 spiro atoms. The number of benzene rings is 1. The van der Waals surface area contributed by atoms with Gasteiger partial charge in [-0.05, 0) is 17.7 Å². The van der Waals surface area contributed by atoms with Gasteiger partial charge >= 0.3 is 5.97 Å². The summed E-state index contributed by atoms with van der Waals surface area (Å²) in [5, 5.41) is -0.358. The highest BCUT2D eigenvalue weighted by molar-refractivity contribution is 8.00. The number of nitrogens with two attached hydrogens (primary N) is 1. The SMILES string of the molecule is COc1ccc(COC(=O)C2=C([C@H]3O[C@@H](OC)CC3=C=O)CS[C@@H]3[C@H](N)C(=O)N23)cc1. The Morgan fingerprint density at radius 3 is 2.71 bits per heavy atom. The molecule has 1 amide bonds. The van der Waals surface area contributed by atoms with Gasteiger partial charge in [-0.15, -0.1) is 11.8 Å². The molecule has 0 aliphatic carbocycles. The maximum absolute atomic E-state index is 13.1. The first-order valence-corrected chi connectivity index (χ1v) is 10.7. The van der Waals surface area contributed by atoms with Crippen LogP contribution in [0.15, 0.2) is 41.1 Å². The van der Waals surface area contributed by atoms with Gasteiger partial charge in [0.15, 0.2) is 6.29 Å². The number of ether oxygens (including phenoxy) is 4. The molecule has 3 aliphatic rings. The molecule has 2 saturated heterocycles. The second kappa shape index (κ2) is 8.86. The fourth-order valence-electron chi connectivity index (χ4n) is 3.76. The zero-order chi connectivity index (χ0) is 22.1. The smallest absolute Gasteiger partial charge is 0.355 e. The largest absolute Gasteiger partial charge is 0.497 e. The Balaban J connectivity index is 1.62. The zero-order valence-electron chi connectivity index (χ0n) is 17.0. The topological polar surface area (TPSA) is 117 Å². The molecule has 9 nitrogen and oxygen atoms in total. The van der Waals surface area contributed by atoms with E-state index in [0.717, 1.165) is 5.56 Å². The van der Waals surface area contributed by atoms with Gasteiger partial charge in [0.1, 0.15) is 41.5 Å². The van der Waals surface area contributed by atoms with Crippen LogP contribution in [0.25, 0.3) is 0 Å². The third kappa shape index (κ3) is 3.88. The number of nitrogens with zero attached hydrogens (tertiary/aromatic N) is 1. The number of carbonyl (C=O) groups is 2. The number of hydrogen-bond acceptors (Lipinski definition) is 9. The Hall–Kier alpha value is -2.62. The first-order valence-electron chi connectivity index (χ1n) is 9.64. The summed E-state index contributed by atoms with van der Waals surface area (Å²) < 4.78 is 21.7. The summed E-state index contributed by atoms with van der Waals surface area (Å²) >= 11 is 1.42. The van der Waals surface area contributed by atoms with E-state index >= 15 is 0 Å². The lowest BCUT2D eigenvalue weighted by Gasteiger charge is -2.48. The molecule has 2 N–H and O–H groups in total. The highest BCUT2D eigenvalue weighted by Gasteiger charge is 2.54. The van der Waals surface area contributed by atoms with Gasteiger partial charge in [0.25, 0.3) is 0 Å². The molecule has 3 aliphatic heterocycles. The number of fused-ring (bicyclic) bond motifs is 1. The van der Waals surface area contributed by atoms with Gasteiger partial charge in [0, 0.05) is 24.9 Å².